The third-order valence-corrected chi connectivity index (χ3v) is 6.99. The van der Waals surface area contributed by atoms with Crippen LogP contribution in [0.15, 0.2) is 61.2 Å². The van der Waals surface area contributed by atoms with Crippen molar-refractivity contribution in [3.05, 3.63) is 77.9 Å². The Morgan fingerprint density at radius 3 is 2.38 bits per heavy atom. The lowest BCUT2D eigenvalue weighted by Gasteiger charge is -2.35. The number of carbonyl (C=O) groups excluding carboxylic acids is 3. The van der Waals surface area contributed by atoms with Crippen molar-refractivity contribution in [1.82, 2.24) is 15.5 Å². The molecule has 2 unspecified atom stereocenters. The number of alkyl carbamates (subject to hydrolysis) is 1. The van der Waals surface area contributed by atoms with Gasteiger partial charge in [-0.2, -0.15) is 0 Å². The van der Waals surface area contributed by atoms with Gasteiger partial charge in [0, 0.05) is 19.0 Å². The Labute approximate surface area is 239 Å². The summed E-state index contributed by atoms with van der Waals surface area (Å²) in [5.74, 6) is -0.532. The molecule has 1 fully saturated rings. The van der Waals surface area contributed by atoms with Gasteiger partial charge in [-0.15, -0.1) is 0 Å². The number of amides is 3. The van der Waals surface area contributed by atoms with Crippen LogP contribution < -0.4 is 10.6 Å². The molecule has 1 aliphatic rings. The van der Waals surface area contributed by atoms with Gasteiger partial charge in [0.25, 0.3) is 0 Å². The van der Waals surface area contributed by atoms with Crippen molar-refractivity contribution in [3.8, 4) is 0 Å². The lowest BCUT2D eigenvalue weighted by Crippen LogP contribution is -2.54. The first-order valence-corrected chi connectivity index (χ1v) is 14.5. The van der Waals surface area contributed by atoms with Gasteiger partial charge < -0.3 is 20.3 Å². The highest BCUT2D eigenvalue weighted by Gasteiger charge is 2.37. The third kappa shape index (κ3) is 9.25. The van der Waals surface area contributed by atoms with Gasteiger partial charge in [0.15, 0.2) is 0 Å². The molecule has 1 saturated carbocycles. The molecule has 0 aromatic heterocycles. The largest absolute Gasteiger partial charge is 0.444 e. The van der Waals surface area contributed by atoms with Gasteiger partial charge in [0.05, 0.1) is 0 Å². The molecule has 2 atom stereocenters. The van der Waals surface area contributed by atoms with Crippen LogP contribution in [0.2, 0.25) is 0 Å². The molecule has 1 aliphatic carbocycles. The summed E-state index contributed by atoms with van der Waals surface area (Å²) in [6.07, 6.45) is 7.18. The molecule has 2 aromatic rings. The van der Waals surface area contributed by atoms with Crippen LogP contribution in [-0.4, -0.2) is 47.0 Å². The van der Waals surface area contributed by atoms with Crippen LogP contribution in [0.4, 0.5) is 4.79 Å². The molecule has 7 heteroatoms. The normalized spacial score (nSPS) is 15.4. The third-order valence-electron chi connectivity index (χ3n) is 6.99. The molecule has 2 N–H and O–H groups in total. The highest BCUT2D eigenvalue weighted by molar-refractivity contribution is 5.92. The molecular formula is C33H45N3O4. The van der Waals surface area contributed by atoms with E-state index in [1.165, 1.54) is 6.42 Å². The van der Waals surface area contributed by atoms with E-state index in [0.29, 0.717) is 18.5 Å². The number of carbonyl (C=O) groups is 3. The van der Waals surface area contributed by atoms with Crippen molar-refractivity contribution in [2.75, 3.05) is 6.54 Å². The fraction of sp³-hybridized carbons (Fsp3) is 0.485. The summed E-state index contributed by atoms with van der Waals surface area (Å²) < 4.78 is 5.51. The van der Waals surface area contributed by atoms with Crippen molar-refractivity contribution in [2.24, 2.45) is 0 Å². The number of hydrogen-bond acceptors (Lipinski definition) is 4. The quantitative estimate of drug-likeness (QED) is 0.351. The van der Waals surface area contributed by atoms with Gasteiger partial charge in [-0.25, -0.2) is 4.79 Å². The summed E-state index contributed by atoms with van der Waals surface area (Å²) in [5, 5.41) is 6.05. The molecule has 2 aromatic carbocycles. The van der Waals surface area contributed by atoms with E-state index in [2.05, 4.69) is 17.2 Å². The van der Waals surface area contributed by atoms with E-state index in [1.54, 1.807) is 31.7 Å². The van der Waals surface area contributed by atoms with Gasteiger partial charge in [0.1, 0.15) is 17.7 Å². The van der Waals surface area contributed by atoms with E-state index in [9.17, 15) is 14.4 Å². The summed E-state index contributed by atoms with van der Waals surface area (Å²) >= 11 is 0. The zero-order chi connectivity index (χ0) is 29.1. The Morgan fingerprint density at radius 1 is 1.05 bits per heavy atom. The average molecular weight is 548 g/mol. The van der Waals surface area contributed by atoms with Crippen molar-refractivity contribution >= 4 is 24.0 Å². The topological polar surface area (TPSA) is 87.7 Å². The predicted molar refractivity (Wildman–Crippen MR) is 160 cm³/mol. The molecule has 0 saturated heterocycles. The molecule has 3 amide bonds. The highest BCUT2D eigenvalue weighted by Crippen LogP contribution is 2.27. The van der Waals surface area contributed by atoms with Crippen molar-refractivity contribution in [3.63, 3.8) is 0 Å². The van der Waals surface area contributed by atoms with Crippen molar-refractivity contribution in [1.29, 1.82) is 0 Å². The summed E-state index contributed by atoms with van der Waals surface area (Å²) in [6.45, 7) is 11.5. The molecule has 0 spiro atoms. The molecular weight excluding hydrogens is 502 g/mol. The summed E-state index contributed by atoms with van der Waals surface area (Å²) in [5.41, 5.74) is 1.75. The van der Waals surface area contributed by atoms with E-state index in [4.69, 9.17) is 4.74 Å². The monoisotopic (exact) mass is 547 g/mol. The Bertz CT molecular complexity index is 1140. The smallest absolute Gasteiger partial charge is 0.408 e. The van der Waals surface area contributed by atoms with E-state index in [-0.39, 0.29) is 24.3 Å². The number of nitrogens with one attached hydrogen (secondary N) is 2. The second-order valence-electron chi connectivity index (χ2n) is 11.5. The van der Waals surface area contributed by atoms with Crippen LogP contribution in [0.25, 0.3) is 6.08 Å². The Balaban J connectivity index is 2.00. The van der Waals surface area contributed by atoms with E-state index >= 15 is 0 Å². The number of hydrogen-bond donors (Lipinski definition) is 2. The van der Waals surface area contributed by atoms with Crippen LogP contribution >= 0.6 is 0 Å². The maximum absolute atomic E-state index is 14.4. The van der Waals surface area contributed by atoms with E-state index in [1.807, 2.05) is 61.5 Å². The first kappa shape index (κ1) is 30.9. The van der Waals surface area contributed by atoms with Gasteiger partial charge in [-0.3, -0.25) is 9.59 Å². The number of benzene rings is 2. The van der Waals surface area contributed by atoms with Gasteiger partial charge in [-0.1, -0.05) is 87.4 Å². The Morgan fingerprint density at radius 2 is 1.75 bits per heavy atom. The summed E-state index contributed by atoms with van der Waals surface area (Å²) in [6, 6.07) is 15.4. The van der Waals surface area contributed by atoms with Crippen LogP contribution in [0.3, 0.4) is 0 Å². The second kappa shape index (κ2) is 14.7. The Kier molecular flexibility index (Phi) is 11.4. The van der Waals surface area contributed by atoms with Crippen molar-refractivity contribution in [2.45, 2.75) is 96.4 Å². The maximum atomic E-state index is 14.4. The lowest BCUT2D eigenvalue weighted by molar-refractivity contribution is -0.142. The number of rotatable bonds is 11. The highest BCUT2D eigenvalue weighted by atomic mass is 16.6. The average Bonchev–Trinajstić information content (AvgIpc) is 2.92. The lowest BCUT2D eigenvalue weighted by atomic mass is 9.94. The van der Waals surface area contributed by atoms with Crippen LogP contribution in [0.5, 0.6) is 0 Å². The molecule has 40 heavy (non-hydrogen) atoms. The zero-order valence-corrected chi connectivity index (χ0v) is 24.4. The minimum Gasteiger partial charge on any atom is -0.444 e. The standard InChI is InChI=1S/C33H45N3O4/c1-6-21-36(31(38)28(23-25-15-10-8-11-16-25)35-32(39)40-33(3,4)5)29(26-18-14-17-24(7-2)22-26)30(37)34-27-19-12-9-13-20-27/h7-8,10-11,14-18,22,27-29H,2,6,9,12-13,19-21,23H2,1,3-5H3,(H,34,37)(H,35,39). The Hall–Kier alpha value is -3.61. The fourth-order valence-electron chi connectivity index (χ4n) is 5.16. The second-order valence-corrected chi connectivity index (χ2v) is 11.5. The zero-order valence-electron chi connectivity index (χ0n) is 24.4. The summed E-state index contributed by atoms with van der Waals surface area (Å²) in [4.78, 5) is 42.8. The fourth-order valence-corrected chi connectivity index (χ4v) is 5.16. The van der Waals surface area contributed by atoms with Gasteiger partial charge >= 0.3 is 6.09 Å². The molecule has 7 nitrogen and oxygen atoms in total. The molecule has 0 heterocycles. The molecule has 216 valence electrons. The van der Waals surface area contributed by atoms with Crippen LogP contribution in [0.1, 0.15) is 89.0 Å². The van der Waals surface area contributed by atoms with Crippen LogP contribution in [-0.2, 0) is 20.7 Å². The maximum Gasteiger partial charge on any atom is 0.408 e. The SMILES string of the molecule is C=Cc1cccc(C(C(=O)NC2CCCCC2)N(CCC)C(=O)C(Cc2ccccc2)NC(=O)OC(C)(C)C)c1. The molecule has 0 aliphatic heterocycles. The minimum absolute atomic E-state index is 0.0879. The van der Waals surface area contributed by atoms with Gasteiger partial charge in [-0.05, 0) is 62.8 Å². The molecule has 0 bridgehead atoms. The molecule has 3 rings (SSSR count). The van der Waals surface area contributed by atoms with E-state index in [0.717, 1.165) is 36.8 Å². The predicted octanol–water partition coefficient (Wildman–Crippen LogP) is 6.19. The van der Waals surface area contributed by atoms with Crippen molar-refractivity contribution < 1.29 is 19.1 Å². The summed E-state index contributed by atoms with van der Waals surface area (Å²) in [7, 11) is 0. The van der Waals surface area contributed by atoms with Gasteiger partial charge in [0.2, 0.25) is 11.8 Å². The number of ether oxygens (including phenoxy) is 1. The minimum atomic E-state index is -0.920. The molecule has 0 radical (unpaired) electrons. The first-order valence-electron chi connectivity index (χ1n) is 14.5. The van der Waals surface area contributed by atoms with Crippen LogP contribution in [0, 0.1) is 0 Å². The van der Waals surface area contributed by atoms with E-state index < -0.39 is 23.8 Å². The first-order chi connectivity index (χ1) is 19.1. The number of nitrogens with zero attached hydrogens (tertiary/aromatic N) is 1.